The van der Waals surface area contributed by atoms with Crippen molar-refractivity contribution in [1.82, 2.24) is 0 Å². The smallest absolute Gasteiger partial charge is 0.309 e. The van der Waals surface area contributed by atoms with Gasteiger partial charge in [-0.2, -0.15) is 0 Å². The van der Waals surface area contributed by atoms with Crippen LogP contribution in [0.2, 0.25) is 0 Å². The summed E-state index contributed by atoms with van der Waals surface area (Å²) in [5, 5.41) is 9.18. The van der Waals surface area contributed by atoms with Crippen molar-refractivity contribution in [3.63, 3.8) is 0 Å². The first-order valence-electron chi connectivity index (χ1n) is 7.43. The Morgan fingerprint density at radius 1 is 1.28 bits per heavy atom. The highest BCUT2D eigenvalue weighted by molar-refractivity contribution is 5.73. The number of hydrogen-bond donors (Lipinski definition) is 1. The van der Waals surface area contributed by atoms with Crippen LogP contribution in [0.1, 0.15) is 46.5 Å². The number of carbonyl (C=O) groups excluding carboxylic acids is 1. The number of aliphatic hydroxyl groups is 1. The van der Waals surface area contributed by atoms with Crippen molar-refractivity contribution >= 4 is 5.97 Å². The molecule has 2 bridgehead atoms. The van der Waals surface area contributed by atoms with Crippen molar-refractivity contribution in [2.45, 2.75) is 52.6 Å². The third-order valence-electron chi connectivity index (χ3n) is 5.07. The van der Waals surface area contributed by atoms with Gasteiger partial charge >= 0.3 is 5.97 Å². The Labute approximate surface area is 110 Å². The van der Waals surface area contributed by atoms with Gasteiger partial charge in [0.05, 0.1) is 12.0 Å². The molecule has 1 N–H and O–H groups in total. The Kier molecular flexibility index (Phi) is 4.31. The molecule has 0 aromatic carbocycles. The minimum absolute atomic E-state index is 0.0728. The Balaban J connectivity index is 1.96. The minimum Gasteiger partial charge on any atom is -0.463 e. The normalized spacial score (nSPS) is 39.9. The lowest BCUT2D eigenvalue weighted by atomic mass is 9.72. The van der Waals surface area contributed by atoms with E-state index >= 15 is 0 Å². The summed E-state index contributed by atoms with van der Waals surface area (Å²) >= 11 is 0. The molecule has 3 heteroatoms. The Bertz CT molecular complexity index is 300. The maximum absolute atomic E-state index is 12.1. The van der Waals surface area contributed by atoms with Gasteiger partial charge in [0.25, 0.3) is 0 Å². The standard InChI is InChI=1S/C15H26O3/c1-4-11-10-6-13(12(11)5-2)14(7-10)15(17)18-8-9(3)16/h9-14,16H,4-8H2,1-3H3. The second-order valence-corrected chi connectivity index (χ2v) is 6.13. The van der Waals surface area contributed by atoms with Crippen LogP contribution in [-0.2, 0) is 9.53 Å². The number of carbonyl (C=O) groups is 1. The largest absolute Gasteiger partial charge is 0.463 e. The third kappa shape index (κ3) is 2.42. The monoisotopic (exact) mass is 254 g/mol. The maximum atomic E-state index is 12.1. The Hall–Kier alpha value is -0.570. The van der Waals surface area contributed by atoms with Crippen LogP contribution >= 0.6 is 0 Å². The predicted molar refractivity (Wildman–Crippen MR) is 69.9 cm³/mol. The number of hydrogen-bond acceptors (Lipinski definition) is 3. The molecule has 0 aliphatic heterocycles. The quantitative estimate of drug-likeness (QED) is 0.767. The van der Waals surface area contributed by atoms with E-state index in [0.717, 1.165) is 18.3 Å². The third-order valence-corrected chi connectivity index (χ3v) is 5.07. The molecule has 2 saturated carbocycles. The van der Waals surface area contributed by atoms with Gasteiger partial charge in [-0.25, -0.2) is 0 Å². The predicted octanol–water partition coefficient (Wildman–Crippen LogP) is 2.62. The summed E-state index contributed by atoms with van der Waals surface area (Å²) in [6.07, 6.45) is 4.09. The molecule has 2 fully saturated rings. The van der Waals surface area contributed by atoms with Crippen LogP contribution in [0.3, 0.4) is 0 Å². The molecule has 6 unspecified atom stereocenters. The van der Waals surface area contributed by atoms with Gasteiger partial charge in [0.15, 0.2) is 0 Å². The van der Waals surface area contributed by atoms with Gasteiger partial charge in [0.2, 0.25) is 0 Å². The summed E-state index contributed by atoms with van der Waals surface area (Å²) in [5.41, 5.74) is 0. The van der Waals surface area contributed by atoms with E-state index in [9.17, 15) is 9.90 Å². The van der Waals surface area contributed by atoms with E-state index in [2.05, 4.69) is 13.8 Å². The second kappa shape index (κ2) is 5.60. The minimum atomic E-state index is -0.557. The first kappa shape index (κ1) is 13.9. The summed E-state index contributed by atoms with van der Waals surface area (Å²) in [5.74, 6) is 2.82. The molecule has 6 atom stereocenters. The summed E-state index contributed by atoms with van der Waals surface area (Å²) < 4.78 is 5.21. The fourth-order valence-electron chi connectivity index (χ4n) is 4.42. The van der Waals surface area contributed by atoms with Gasteiger partial charge in [-0.1, -0.05) is 26.7 Å². The molecule has 0 aromatic heterocycles. The number of aliphatic hydroxyl groups excluding tert-OH is 1. The van der Waals surface area contributed by atoms with E-state index in [-0.39, 0.29) is 18.5 Å². The van der Waals surface area contributed by atoms with E-state index < -0.39 is 6.10 Å². The van der Waals surface area contributed by atoms with E-state index in [1.807, 2.05) is 0 Å². The molecule has 2 rings (SSSR count). The zero-order valence-corrected chi connectivity index (χ0v) is 11.8. The molecule has 104 valence electrons. The van der Waals surface area contributed by atoms with Crippen molar-refractivity contribution < 1.29 is 14.6 Å². The van der Waals surface area contributed by atoms with Crippen molar-refractivity contribution in [3.8, 4) is 0 Å². The lowest BCUT2D eigenvalue weighted by Crippen LogP contribution is -2.33. The molecule has 0 spiro atoms. The molecule has 3 nitrogen and oxygen atoms in total. The van der Waals surface area contributed by atoms with E-state index in [1.165, 1.54) is 19.3 Å². The van der Waals surface area contributed by atoms with Crippen molar-refractivity contribution in [1.29, 1.82) is 0 Å². The fourth-order valence-corrected chi connectivity index (χ4v) is 4.42. The van der Waals surface area contributed by atoms with Crippen LogP contribution in [0, 0.1) is 29.6 Å². The molecule has 0 radical (unpaired) electrons. The lowest BCUT2D eigenvalue weighted by Gasteiger charge is -2.33. The zero-order chi connectivity index (χ0) is 13.3. The molecule has 0 saturated heterocycles. The van der Waals surface area contributed by atoms with Crippen molar-refractivity contribution in [2.75, 3.05) is 6.61 Å². The maximum Gasteiger partial charge on any atom is 0.309 e. The lowest BCUT2D eigenvalue weighted by molar-refractivity contribution is -0.154. The molecule has 2 aliphatic carbocycles. The average molecular weight is 254 g/mol. The van der Waals surface area contributed by atoms with Gasteiger partial charge in [-0.3, -0.25) is 4.79 Å². The number of fused-ring (bicyclic) bond motifs is 2. The molecule has 0 heterocycles. The van der Waals surface area contributed by atoms with Crippen LogP contribution < -0.4 is 0 Å². The number of esters is 1. The SMILES string of the molecule is CCC1C2CC(C(=O)OCC(C)O)C(C2)C1CC. The van der Waals surface area contributed by atoms with Gasteiger partial charge in [0, 0.05) is 0 Å². The van der Waals surface area contributed by atoms with Crippen LogP contribution in [-0.4, -0.2) is 23.8 Å². The van der Waals surface area contributed by atoms with Gasteiger partial charge in [-0.05, 0) is 43.4 Å². The average Bonchev–Trinajstić information content (AvgIpc) is 2.92. The molecule has 0 amide bonds. The molecule has 18 heavy (non-hydrogen) atoms. The van der Waals surface area contributed by atoms with Crippen LogP contribution in [0.25, 0.3) is 0 Å². The van der Waals surface area contributed by atoms with Gasteiger partial charge < -0.3 is 9.84 Å². The fraction of sp³-hybridized carbons (Fsp3) is 0.933. The molecule has 0 aromatic rings. The summed E-state index contributed by atoms with van der Waals surface area (Å²) in [6, 6.07) is 0. The first-order chi connectivity index (χ1) is 8.58. The number of rotatable bonds is 5. The summed E-state index contributed by atoms with van der Waals surface area (Å²) in [7, 11) is 0. The zero-order valence-electron chi connectivity index (χ0n) is 11.8. The Morgan fingerprint density at radius 2 is 1.94 bits per heavy atom. The first-order valence-corrected chi connectivity index (χ1v) is 7.43. The highest BCUT2D eigenvalue weighted by atomic mass is 16.5. The van der Waals surface area contributed by atoms with Crippen LogP contribution in [0.5, 0.6) is 0 Å². The second-order valence-electron chi connectivity index (χ2n) is 6.13. The van der Waals surface area contributed by atoms with Crippen molar-refractivity contribution in [3.05, 3.63) is 0 Å². The van der Waals surface area contributed by atoms with Gasteiger partial charge in [0.1, 0.15) is 6.61 Å². The summed E-state index contributed by atoms with van der Waals surface area (Å²) in [4.78, 5) is 12.1. The van der Waals surface area contributed by atoms with Crippen LogP contribution in [0.4, 0.5) is 0 Å². The summed E-state index contributed by atoms with van der Waals surface area (Å²) in [6.45, 7) is 6.30. The Morgan fingerprint density at radius 3 is 2.50 bits per heavy atom. The topological polar surface area (TPSA) is 46.5 Å². The molecular formula is C15H26O3. The highest BCUT2D eigenvalue weighted by Gasteiger charge is 2.53. The number of ether oxygens (including phenoxy) is 1. The van der Waals surface area contributed by atoms with E-state index in [0.29, 0.717) is 11.8 Å². The van der Waals surface area contributed by atoms with Crippen molar-refractivity contribution in [2.24, 2.45) is 29.6 Å². The molecule has 2 aliphatic rings. The van der Waals surface area contributed by atoms with Crippen LogP contribution in [0.15, 0.2) is 0 Å². The van der Waals surface area contributed by atoms with Gasteiger partial charge in [-0.15, -0.1) is 0 Å². The highest BCUT2D eigenvalue weighted by Crippen LogP contribution is 2.57. The van der Waals surface area contributed by atoms with E-state index in [1.54, 1.807) is 6.92 Å². The molecular weight excluding hydrogens is 228 g/mol. The van der Waals surface area contributed by atoms with E-state index in [4.69, 9.17) is 4.74 Å².